The molecule has 4 heteroatoms. The molecule has 0 fully saturated rings. The molecule has 2 aromatic rings. The molecule has 0 aliphatic heterocycles. The fraction of sp³-hybridized carbons (Fsp3) is 0.235. The maximum Gasteiger partial charge on any atom is 0.251 e. The Bertz CT molecular complexity index is 596. The van der Waals surface area contributed by atoms with Crippen LogP contribution in [0.5, 0.6) is 0 Å². The highest BCUT2D eigenvalue weighted by atomic mass is 35.5. The van der Waals surface area contributed by atoms with E-state index in [2.05, 4.69) is 5.32 Å². The third-order valence-corrected chi connectivity index (χ3v) is 3.54. The molecule has 0 saturated heterocycles. The molecule has 2 rings (SSSR count). The lowest BCUT2D eigenvalue weighted by Crippen LogP contribution is -2.23. The SMILES string of the molecule is COCc1ccccc1CNC(=O)c1ccc(CCl)cc1. The number of ether oxygens (including phenoxy) is 1. The number of rotatable bonds is 6. The molecule has 3 nitrogen and oxygen atoms in total. The average molecular weight is 304 g/mol. The molecule has 0 heterocycles. The number of benzene rings is 2. The van der Waals surface area contributed by atoms with Gasteiger partial charge in [0.05, 0.1) is 6.61 Å². The minimum Gasteiger partial charge on any atom is -0.380 e. The Kier molecular flexibility index (Phi) is 5.78. The van der Waals surface area contributed by atoms with Crippen LogP contribution in [-0.4, -0.2) is 13.0 Å². The Morgan fingerprint density at radius 1 is 1.10 bits per heavy atom. The van der Waals surface area contributed by atoms with Gasteiger partial charge in [-0.2, -0.15) is 0 Å². The van der Waals surface area contributed by atoms with Gasteiger partial charge in [-0.25, -0.2) is 0 Å². The summed E-state index contributed by atoms with van der Waals surface area (Å²) in [5.41, 5.74) is 3.77. The zero-order valence-electron chi connectivity index (χ0n) is 11.9. The lowest BCUT2D eigenvalue weighted by molar-refractivity contribution is 0.0950. The lowest BCUT2D eigenvalue weighted by Gasteiger charge is -2.10. The molecule has 1 N–H and O–H groups in total. The highest BCUT2D eigenvalue weighted by molar-refractivity contribution is 6.17. The highest BCUT2D eigenvalue weighted by Crippen LogP contribution is 2.11. The summed E-state index contributed by atoms with van der Waals surface area (Å²) in [7, 11) is 1.66. The Morgan fingerprint density at radius 2 is 1.76 bits per heavy atom. The molecule has 21 heavy (non-hydrogen) atoms. The Labute approximate surface area is 129 Å². The van der Waals surface area contributed by atoms with E-state index in [1.807, 2.05) is 36.4 Å². The maximum atomic E-state index is 12.1. The van der Waals surface area contributed by atoms with Crippen LogP contribution >= 0.6 is 11.6 Å². The summed E-state index contributed by atoms with van der Waals surface area (Å²) >= 11 is 5.73. The average Bonchev–Trinajstić information content (AvgIpc) is 2.54. The van der Waals surface area contributed by atoms with Crippen molar-refractivity contribution in [1.29, 1.82) is 0 Å². The van der Waals surface area contributed by atoms with Gasteiger partial charge in [-0.05, 0) is 28.8 Å². The number of hydrogen-bond donors (Lipinski definition) is 1. The number of nitrogens with one attached hydrogen (secondary N) is 1. The number of hydrogen-bond acceptors (Lipinski definition) is 2. The van der Waals surface area contributed by atoms with Crippen molar-refractivity contribution in [1.82, 2.24) is 5.32 Å². The van der Waals surface area contributed by atoms with Crippen molar-refractivity contribution in [2.24, 2.45) is 0 Å². The van der Waals surface area contributed by atoms with E-state index in [9.17, 15) is 4.79 Å². The highest BCUT2D eigenvalue weighted by Gasteiger charge is 2.07. The summed E-state index contributed by atoms with van der Waals surface area (Å²) in [6, 6.07) is 15.2. The molecule has 0 radical (unpaired) electrons. The van der Waals surface area contributed by atoms with Crippen molar-refractivity contribution in [2.45, 2.75) is 19.0 Å². The normalized spacial score (nSPS) is 10.4. The third kappa shape index (κ3) is 4.31. The number of carbonyl (C=O) groups excluding carboxylic acids is 1. The first-order valence-corrected chi connectivity index (χ1v) is 7.27. The summed E-state index contributed by atoms with van der Waals surface area (Å²) in [5.74, 6) is 0.357. The predicted octanol–water partition coefficient (Wildman–Crippen LogP) is 3.50. The topological polar surface area (TPSA) is 38.3 Å². The molecule has 2 aromatic carbocycles. The summed E-state index contributed by atoms with van der Waals surface area (Å²) in [5, 5.41) is 2.92. The van der Waals surface area contributed by atoms with Gasteiger partial charge in [-0.3, -0.25) is 4.79 Å². The predicted molar refractivity (Wildman–Crippen MR) is 84.3 cm³/mol. The molecule has 110 valence electrons. The van der Waals surface area contributed by atoms with Crippen LogP contribution in [-0.2, 0) is 23.8 Å². The first-order chi connectivity index (χ1) is 10.2. The summed E-state index contributed by atoms with van der Waals surface area (Å²) < 4.78 is 5.16. The molecule has 0 aromatic heterocycles. The minimum absolute atomic E-state index is 0.0941. The summed E-state index contributed by atoms with van der Waals surface area (Å²) in [6.07, 6.45) is 0. The lowest BCUT2D eigenvalue weighted by atomic mass is 10.1. The van der Waals surface area contributed by atoms with Crippen molar-refractivity contribution >= 4 is 17.5 Å². The van der Waals surface area contributed by atoms with Crippen molar-refractivity contribution in [3.05, 3.63) is 70.8 Å². The van der Waals surface area contributed by atoms with Gasteiger partial charge in [0.15, 0.2) is 0 Å². The summed E-state index contributed by atoms with van der Waals surface area (Å²) in [6.45, 7) is 1.02. The molecular formula is C17H18ClNO2. The van der Waals surface area contributed by atoms with Gasteiger partial charge in [-0.1, -0.05) is 36.4 Å². The first kappa shape index (κ1) is 15.5. The van der Waals surface area contributed by atoms with Gasteiger partial charge in [0.1, 0.15) is 0 Å². The molecule has 0 aliphatic rings. The zero-order chi connectivity index (χ0) is 15.1. The van der Waals surface area contributed by atoms with Crippen LogP contribution in [0.2, 0.25) is 0 Å². The number of methoxy groups -OCH3 is 1. The number of halogens is 1. The fourth-order valence-corrected chi connectivity index (χ4v) is 2.23. The summed E-state index contributed by atoms with van der Waals surface area (Å²) in [4.78, 5) is 12.1. The monoisotopic (exact) mass is 303 g/mol. The second-order valence-electron chi connectivity index (χ2n) is 4.71. The van der Waals surface area contributed by atoms with E-state index >= 15 is 0 Å². The van der Waals surface area contributed by atoms with Gasteiger partial charge in [0.2, 0.25) is 0 Å². The second kappa shape index (κ2) is 7.81. The first-order valence-electron chi connectivity index (χ1n) is 6.73. The van der Waals surface area contributed by atoms with E-state index in [0.29, 0.717) is 24.6 Å². The molecule has 0 aliphatic carbocycles. The Hall–Kier alpha value is -1.84. The molecule has 1 amide bonds. The van der Waals surface area contributed by atoms with E-state index in [1.165, 1.54) is 0 Å². The number of amides is 1. The standard InChI is InChI=1S/C17H18ClNO2/c1-21-12-16-5-3-2-4-15(16)11-19-17(20)14-8-6-13(10-18)7-9-14/h2-9H,10-12H2,1H3,(H,19,20). The fourth-order valence-electron chi connectivity index (χ4n) is 2.05. The van der Waals surface area contributed by atoms with Crippen LogP contribution in [0.1, 0.15) is 27.0 Å². The zero-order valence-corrected chi connectivity index (χ0v) is 12.7. The Morgan fingerprint density at radius 3 is 2.38 bits per heavy atom. The number of alkyl halides is 1. The van der Waals surface area contributed by atoms with E-state index in [1.54, 1.807) is 19.2 Å². The van der Waals surface area contributed by atoms with Crippen LogP contribution in [0.15, 0.2) is 48.5 Å². The van der Waals surface area contributed by atoms with Crippen LogP contribution < -0.4 is 5.32 Å². The minimum atomic E-state index is -0.0941. The molecular weight excluding hydrogens is 286 g/mol. The van der Waals surface area contributed by atoms with Crippen LogP contribution in [0.3, 0.4) is 0 Å². The van der Waals surface area contributed by atoms with Crippen LogP contribution in [0.25, 0.3) is 0 Å². The maximum absolute atomic E-state index is 12.1. The van der Waals surface area contributed by atoms with Gasteiger partial charge >= 0.3 is 0 Å². The van der Waals surface area contributed by atoms with Gasteiger partial charge in [0.25, 0.3) is 5.91 Å². The van der Waals surface area contributed by atoms with Crippen molar-refractivity contribution in [2.75, 3.05) is 7.11 Å². The van der Waals surface area contributed by atoms with E-state index in [-0.39, 0.29) is 5.91 Å². The van der Waals surface area contributed by atoms with E-state index < -0.39 is 0 Å². The molecule has 0 unspecified atom stereocenters. The largest absolute Gasteiger partial charge is 0.380 e. The molecule has 0 saturated carbocycles. The molecule has 0 spiro atoms. The van der Waals surface area contributed by atoms with Crippen LogP contribution in [0.4, 0.5) is 0 Å². The van der Waals surface area contributed by atoms with Crippen molar-refractivity contribution < 1.29 is 9.53 Å². The second-order valence-corrected chi connectivity index (χ2v) is 4.98. The van der Waals surface area contributed by atoms with Crippen LogP contribution in [0, 0.1) is 0 Å². The van der Waals surface area contributed by atoms with Crippen molar-refractivity contribution in [3.8, 4) is 0 Å². The van der Waals surface area contributed by atoms with E-state index in [0.717, 1.165) is 16.7 Å². The van der Waals surface area contributed by atoms with E-state index in [4.69, 9.17) is 16.3 Å². The molecule has 0 bridgehead atoms. The Balaban J connectivity index is 2.00. The van der Waals surface area contributed by atoms with Crippen molar-refractivity contribution in [3.63, 3.8) is 0 Å². The van der Waals surface area contributed by atoms with Gasteiger partial charge in [-0.15, -0.1) is 11.6 Å². The number of carbonyl (C=O) groups is 1. The smallest absolute Gasteiger partial charge is 0.251 e. The third-order valence-electron chi connectivity index (χ3n) is 3.23. The van der Waals surface area contributed by atoms with Gasteiger partial charge < -0.3 is 10.1 Å². The van der Waals surface area contributed by atoms with Gasteiger partial charge in [0, 0.05) is 25.1 Å². The quantitative estimate of drug-likeness (QED) is 0.830. The molecule has 0 atom stereocenters.